The summed E-state index contributed by atoms with van der Waals surface area (Å²) in [6, 6.07) is 17.0. The lowest BCUT2D eigenvalue weighted by Gasteiger charge is -2.36. The van der Waals surface area contributed by atoms with Crippen molar-refractivity contribution in [2.45, 2.75) is 6.92 Å². The molecule has 0 radical (unpaired) electrons. The van der Waals surface area contributed by atoms with Gasteiger partial charge >= 0.3 is 12.1 Å². The summed E-state index contributed by atoms with van der Waals surface area (Å²) in [6.07, 6.45) is -0.495. The number of rotatable bonds is 4. The van der Waals surface area contributed by atoms with Crippen LogP contribution in [0.25, 0.3) is 0 Å². The average Bonchev–Trinajstić information content (AvgIpc) is 2.70. The monoisotopic (exact) mass is 368 g/mol. The van der Waals surface area contributed by atoms with Crippen molar-refractivity contribution >= 4 is 29.2 Å². The van der Waals surface area contributed by atoms with Crippen LogP contribution in [-0.4, -0.2) is 49.8 Å². The Hall–Kier alpha value is -3.22. The number of benzene rings is 2. The van der Waals surface area contributed by atoms with Gasteiger partial charge in [-0.3, -0.25) is 5.32 Å². The molecule has 1 aliphatic rings. The number of carbonyl (C=O) groups is 2. The highest BCUT2D eigenvalue weighted by atomic mass is 16.5. The predicted octanol–water partition coefficient (Wildman–Crippen LogP) is 3.61. The van der Waals surface area contributed by atoms with E-state index in [1.165, 1.54) is 5.69 Å². The SMILES string of the molecule is CCOC(=O)Nc1ccc(NC(=O)N2CCN(c3ccccc3)CC2)cc1. The highest BCUT2D eigenvalue weighted by Gasteiger charge is 2.21. The summed E-state index contributed by atoms with van der Waals surface area (Å²) in [6.45, 7) is 5.02. The molecule has 2 aromatic carbocycles. The van der Waals surface area contributed by atoms with Crippen LogP contribution in [0, 0.1) is 0 Å². The van der Waals surface area contributed by atoms with Crippen LogP contribution in [0.3, 0.4) is 0 Å². The molecule has 142 valence electrons. The van der Waals surface area contributed by atoms with E-state index in [1.54, 1.807) is 31.2 Å². The second-order valence-electron chi connectivity index (χ2n) is 6.16. The van der Waals surface area contributed by atoms with Crippen LogP contribution >= 0.6 is 0 Å². The highest BCUT2D eigenvalue weighted by Crippen LogP contribution is 2.17. The number of hydrogen-bond donors (Lipinski definition) is 2. The summed E-state index contributed by atoms with van der Waals surface area (Å²) in [5.74, 6) is 0. The summed E-state index contributed by atoms with van der Waals surface area (Å²) < 4.78 is 4.83. The number of amides is 3. The largest absolute Gasteiger partial charge is 0.450 e. The Morgan fingerprint density at radius 3 is 2.07 bits per heavy atom. The average molecular weight is 368 g/mol. The molecule has 0 atom stereocenters. The van der Waals surface area contributed by atoms with E-state index >= 15 is 0 Å². The number of piperazine rings is 1. The third-order valence-electron chi connectivity index (χ3n) is 4.35. The van der Waals surface area contributed by atoms with E-state index in [0.717, 1.165) is 13.1 Å². The molecule has 2 N–H and O–H groups in total. The maximum absolute atomic E-state index is 12.5. The quantitative estimate of drug-likeness (QED) is 0.865. The normalized spacial score (nSPS) is 13.8. The van der Waals surface area contributed by atoms with Crippen molar-refractivity contribution in [3.05, 3.63) is 54.6 Å². The number of para-hydroxylation sites is 1. The number of nitrogens with one attached hydrogen (secondary N) is 2. The van der Waals surface area contributed by atoms with Gasteiger partial charge < -0.3 is 19.9 Å². The summed E-state index contributed by atoms with van der Waals surface area (Å²) >= 11 is 0. The van der Waals surface area contributed by atoms with Crippen LogP contribution in [0.1, 0.15) is 6.92 Å². The first-order valence-electron chi connectivity index (χ1n) is 9.05. The van der Waals surface area contributed by atoms with E-state index in [0.29, 0.717) is 31.1 Å². The molecule has 1 heterocycles. The van der Waals surface area contributed by atoms with Gasteiger partial charge in [-0.2, -0.15) is 0 Å². The first-order chi connectivity index (χ1) is 13.2. The zero-order valence-electron chi connectivity index (χ0n) is 15.4. The second-order valence-corrected chi connectivity index (χ2v) is 6.16. The number of nitrogens with zero attached hydrogens (tertiary/aromatic N) is 2. The zero-order chi connectivity index (χ0) is 19.1. The molecule has 27 heavy (non-hydrogen) atoms. The lowest BCUT2D eigenvalue weighted by molar-refractivity contribution is 0.168. The second kappa shape index (κ2) is 8.93. The van der Waals surface area contributed by atoms with Crippen LogP contribution in [0.4, 0.5) is 26.7 Å². The molecule has 0 bridgehead atoms. The molecule has 3 rings (SSSR count). The summed E-state index contributed by atoms with van der Waals surface area (Å²) in [4.78, 5) is 27.9. The van der Waals surface area contributed by atoms with Crippen LogP contribution in [0.5, 0.6) is 0 Å². The van der Waals surface area contributed by atoms with Gasteiger partial charge in [0.05, 0.1) is 6.61 Å². The molecule has 0 unspecified atom stereocenters. The molecule has 1 saturated heterocycles. The maximum atomic E-state index is 12.5. The molecule has 0 aliphatic carbocycles. The molecular formula is C20H24N4O3. The van der Waals surface area contributed by atoms with E-state index in [1.807, 2.05) is 23.1 Å². The minimum atomic E-state index is -0.495. The zero-order valence-corrected chi connectivity index (χ0v) is 15.4. The van der Waals surface area contributed by atoms with Gasteiger partial charge in [0.25, 0.3) is 0 Å². The van der Waals surface area contributed by atoms with Gasteiger partial charge in [-0.1, -0.05) is 18.2 Å². The molecule has 7 nitrogen and oxygen atoms in total. The fraction of sp³-hybridized carbons (Fsp3) is 0.300. The lowest BCUT2D eigenvalue weighted by atomic mass is 10.2. The van der Waals surface area contributed by atoms with Crippen LogP contribution in [0.15, 0.2) is 54.6 Å². The fourth-order valence-corrected chi connectivity index (χ4v) is 2.93. The van der Waals surface area contributed by atoms with Crippen LogP contribution in [0.2, 0.25) is 0 Å². The van der Waals surface area contributed by atoms with Crippen molar-refractivity contribution in [3.8, 4) is 0 Å². The van der Waals surface area contributed by atoms with E-state index in [-0.39, 0.29) is 6.03 Å². The number of urea groups is 1. The first-order valence-corrected chi connectivity index (χ1v) is 9.05. The Labute approximate surface area is 158 Å². The molecular weight excluding hydrogens is 344 g/mol. The van der Waals surface area contributed by atoms with E-state index < -0.39 is 6.09 Å². The topological polar surface area (TPSA) is 73.9 Å². The highest BCUT2D eigenvalue weighted by molar-refractivity contribution is 5.90. The van der Waals surface area contributed by atoms with Gasteiger partial charge in [-0.15, -0.1) is 0 Å². The van der Waals surface area contributed by atoms with Gasteiger partial charge in [0.15, 0.2) is 0 Å². The van der Waals surface area contributed by atoms with Gasteiger partial charge in [-0.05, 0) is 43.3 Å². The van der Waals surface area contributed by atoms with Crippen molar-refractivity contribution in [2.75, 3.05) is 48.3 Å². The van der Waals surface area contributed by atoms with E-state index in [4.69, 9.17) is 4.74 Å². The molecule has 1 fully saturated rings. The van der Waals surface area contributed by atoms with E-state index in [9.17, 15) is 9.59 Å². The molecule has 2 aromatic rings. The van der Waals surface area contributed by atoms with Crippen molar-refractivity contribution in [1.82, 2.24) is 4.90 Å². The van der Waals surface area contributed by atoms with Crippen molar-refractivity contribution < 1.29 is 14.3 Å². The summed E-state index contributed by atoms with van der Waals surface area (Å²) in [5, 5.41) is 5.51. The van der Waals surface area contributed by atoms with Crippen molar-refractivity contribution in [3.63, 3.8) is 0 Å². The fourth-order valence-electron chi connectivity index (χ4n) is 2.93. The third kappa shape index (κ3) is 5.13. The molecule has 7 heteroatoms. The minimum absolute atomic E-state index is 0.117. The number of hydrogen-bond acceptors (Lipinski definition) is 4. The van der Waals surface area contributed by atoms with Crippen molar-refractivity contribution in [2.24, 2.45) is 0 Å². The standard InChI is InChI=1S/C20H24N4O3/c1-2-27-20(26)22-17-10-8-16(9-11-17)21-19(25)24-14-12-23(13-15-24)18-6-4-3-5-7-18/h3-11H,2,12-15H2,1H3,(H,21,25)(H,22,26). The Morgan fingerprint density at radius 2 is 1.48 bits per heavy atom. The summed E-state index contributed by atoms with van der Waals surface area (Å²) in [7, 11) is 0. The molecule has 0 saturated carbocycles. The smallest absolute Gasteiger partial charge is 0.411 e. The maximum Gasteiger partial charge on any atom is 0.411 e. The summed E-state index contributed by atoms with van der Waals surface area (Å²) in [5.41, 5.74) is 2.48. The van der Waals surface area contributed by atoms with Crippen LogP contribution in [-0.2, 0) is 4.74 Å². The molecule has 0 spiro atoms. The lowest BCUT2D eigenvalue weighted by Crippen LogP contribution is -2.50. The first kappa shape index (κ1) is 18.6. The van der Waals surface area contributed by atoms with Gasteiger partial charge in [-0.25, -0.2) is 9.59 Å². The Bertz CT molecular complexity index is 757. The Balaban J connectivity index is 1.49. The van der Waals surface area contributed by atoms with Crippen LogP contribution < -0.4 is 15.5 Å². The molecule has 0 aromatic heterocycles. The van der Waals surface area contributed by atoms with Crippen molar-refractivity contribution in [1.29, 1.82) is 0 Å². The molecule has 1 aliphatic heterocycles. The Kier molecular flexibility index (Phi) is 6.14. The van der Waals surface area contributed by atoms with E-state index in [2.05, 4.69) is 27.7 Å². The number of anilines is 3. The predicted molar refractivity (Wildman–Crippen MR) is 106 cm³/mol. The number of ether oxygens (including phenoxy) is 1. The van der Waals surface area contributed by atoms with Gasteiger partial charge in [0.2, 0.25) is 0 Å². The Morgan fingerprint density at radius 1 is 0.889 bits per heavy atom. The van der Waals surface area contributed by atoms with Gasteiger partial charge in [0.1, 0.15) is 0 Å². The number of carbonyl (C=O) groups excluding carboxylic acids is 2. The molecule has 3 amide bonds. The third-order valence-corrected chi connectivity index (χ3v) is 4.35. The minimum Gasteiger partial charge on any atom is -0.450 e. The van der Waals surface area contributed by atoms with Gasteiger partial charge in [0, 0.05) is 43.2 Å².